The zero-order valence-electron chi connectivity index (χ0n) is 78.4. The summed E-state index contributed by atoms with van der Waals surface area (Å²) >= 11 is 0. The maximum Gasteiger partial charge on any atom is 0.320 e. The number of aromatic nitrogens is 2. The fourth-order valence-electron chi connectivity index (χ4n) is 23.1. The van der Waals surface area contributed by atoms with Crippen LogP contribution in [0.25, 0.3) is 0 Å². The summed E-state index contributed by atoms with van der Waals surface area (Å²) in [6.45, 7) is 62.2. The quantitative estimate of drug-likeness (QED) is 0.0762. The Balaban J connectivity index is 0.000000181. The molecule has 656 valence electrons. The third-order valence-electron chi connectivity index (χ3n) is 32.8. The fourth-order valence-corrected chi connectivity index (χ4v) is 23.1. The molecular formula is C97H181N13O5+8. The number of carboxylic acid groups (broad SMARTS) is 1. The molecule has 12 saturated heterocycles. The topological polar surface area (TPSA) is 195 Å². The number of nitrogens with one attached hydrogen (secondary N) is 1. The Morgan fingerprint density at radius 3 is 1.49 bits per heavy atom. The molecule has 18 heteroatoms. The van der Waals surface area contributed by atoms with Crippen molar-refractivity contribution in [3.05, 3.63) is 71.4 Å². The largest absolute Gasteiger partial charge is 0.839 e. The standard InChI is InChI=1S/C16H29N3O3.C13H20N.C11H23N2.C11H22N.C11H16N.C10H20N.C9H21N2.C8H11NO2.C8H18N/c1-12(2)19-8-5-16(6-9-19,7-10-19)11-18-14(20)4-3-13(17)15(21)22;1-10(2)14-9-5-6-11-7-8-13(3,4)12(11)14;1-8(2)13(3)10-4-5-11(13)7-9(12)6-10;1-9(2)12(3)10-5-4-6-11(12)8-7-10;1-9(2)12-8-4-6-10-5-3-7-11(10)12;1-9(2)11-6-3-10(4-7-11)5-8-11;1-9(2)11(8-5-10)6-3-4-7-11;1-6(2)9-4-3-7(10)8(11)5-9;1-8(2)9(3)6-4-5-7-9/h12-13H,3-11,17H2,1-2H3,(H-,18,20,21,22);5-6,9-10H,7-8H2,1-4H3;8-11H,4-7,12H2,1-3H3;9-11H,4-8H2,1-3H3;4,6,8-9H,3,5,7H2,1-2H3;9-10H,3-8H2,1-2H3;9H,3-8,10H2,1-2H3;3-6,8H,1-2H3;8H,4-7H2,1-3H3/q;6*+1;;+1/p+1. The van der Waals surface area contributed by atoms with Gasteiger partial charge in [-0.05, 0) is 227 Å². The lowest BCUT2D eigenvalue weighted by molar-refractivity contribution is -0.967. The molecule has 15 aliphatic rings. The number of aryl methyl sites for hydroxylation is 2. The van der Waals surface area contributed by atoms with Crippen molar-refractivity contribution < 1.29 is 65.2 Å². The van der Waals surface area contributed by atoms with Crippen LogP contribution in [-0.2, 0) is 39.1 Å². The van der Waals surface area contributed by atoms with Crippen molar-refractivity contribution in [2.45, 2.75) is 408 Å². The van der Waals surface area contributed by atoms with Crippen LogP contribution < -0.4 is 36.8 Å². The number of piperidine rings is 8. The number of nitrogens with two attached hydrogens (primary N) is 3. The lowest BCUT2D eigenvalue weighted by Crippen LogP contribution is -2.66. The Labute approximate surface area is 704 Å². The fraction of sp³-hybridized carbons (Fsp3) is 0.835. The SMILES string of the molecule is CC(C)[N+]1(C)C2CCC1CC(N)C2.CC(C)[N+]1(C)C2CCCC1CC2.CC(C)[N+]1(C)CCCC1.CC(C)[N+]1(CCN)CCCC1.CC(C)[N+]12CCC(CC1)CC2.CC(C)[N+]12CCC(CNC(=O)CCC(N)C(=O)O)(CC1)CC2.CC(C)[N+]1=CC([O-])C(=O)C=C1.CC(C)[n+]1cccc2c1C(C)(C)CC2.CC(C)[n+]1cccc2c1CCC2. The van der Waals surface area contributed by atoms with Crippen LogP contribution in [0.15, 0.2) is 48.9 Å². The van der Waals surface area contributed by atoms with Crippen LogP contribution in [0.4, 0.5) is 0 Å². The van der Waals surface area contributed by atoms with E-state index in [-0.39, 0.29) is 36.0 Å². The molecule has 13 aliphatic heterocycles. The summed E-state index contributed by atoms with van der Waals surface area (Å²) in [5.74, 6) is -0.378. The molecule has 2 aromatic rings. The number of likely N-dealkylation sites (tertiary alicyclic amines) is 2. The van der Waals surface area contributed by atoms with Gasteiger partial charge in [-0.15, -0.1) is 0 Å². The van der Waals surface area contributed by atoms with E-state index in [1.165, 1.54) is 265 Å². The van der Waals surface area contributed by atoms with Gasteiger partial charge in [-0.25, -0.2) is 9.14 Å². The van der Waals surface area contributed by atoms with Gasteiger partial charge >= 0.3 is 5.97 Å². The van der Waals surface area contributed by atoms with Gasteiger partial charge in [0.1, 0.15) is 12.3 Å². The first kappa shape index (κ1) is 98.0. The third-order valence-corrected chi connectivity index (χ3v) is 32.8. The molecule has 0 aromatic carbocycles. The van der Waals surface area contributed by atoms with Crippen molar-refractivity contribution in [2.75, 3.05) is 106 Å². The van der Waals surface area contributed by atoms with Crippen molar-refractivity contribution in [3.63, 3.8) is 0 Å². The van der Waals surface area contributed by atoms with E-state index in [0.717, 1.165) is 73.4 Å². The van der Waals surface area contributed by atoms with Gasteiger partial charge in [0.05, 0.1) is 154 Å². The number of pyridine rings is 2. The summed E-state index contributed by atoms with van der Waals surface area (Å²) in [5.41, 5.74) is 24.0. The molecule has 2 aromatic heterocycles. The minimum Gasteiger partial charge on any atom is -0.839 e. The Kier molecular flexibility index (Phi) is 36.8. The summed E-state index contributed by atoms with van der Waals surface area (Å²) in [7, 11) is 7.31. The maximum absolute atomic E-state index is 11.9. The van der Waals surface area contributed by atoms with E-state index in [9.17, 15) is 19.5 Å². The van der Waals surface area contributed by atoms with Gasteiger partial charge in [0.15, 0.2) is 53.9 Å². The maximum atomic E-state index is 11.9. The number of rotatable bonds is 17. The van der Waals surface area contributed by atoms with Crippen LogP contribution in [0.1, 0.15) is 321 Å². The number of aliphatic carboxylic acids is 1. The zero-order chi connectivity index (χ0) is 85.2. The van der Waals surface area contributed by atoms with Crippen LogP contribution in [-0.4, -0.2) is 251 Å². The van der Waals surface area contributed by atoms with E-state index in [1.807, 2.05) is 13.8 Å². The number of carbonyl (C=O) groups excluding carboxylic acids is 2. The first-order valence-electron chi connectivity index (χ1n) is 47.4. The normalized spacial score (nSPS) is 31.2. The van der Waals surface area contributed by atoms with Crippen LogP contribution in [0, 0.1) is 11.3 Å². The van der Waals surface area contributed by atoms with E-state index >= 15 is 0 Å². The second-order valence-electron chi connectivity index (χ2n) is 42.4. The molecule has 8 bridgehead atoms. The van der Waals surface area contributed by atoms with Crippen LogP contribution in [0.3, 0.4) is 0 Å². The van der Waals surface area contributed by atoms with Gasteiger partial charge < -0.3 is 59.6 Å². The summed E-state index contributed by atoms with van der Waals surface area (Å²) in [6, 6.07) is 18.3. The van der Waals surface area contributed by atoms with Crippen molar-refractivity contribution in [1.29, 1.82) is 0 Å². The van der Waals surface area contributed by atoms with Crippen molar-refractivity contribution >= 4 is 23.9 Å². The number of carbonyl (C=O) groups is 3. The lowest BCUT2D eigenvalue weighted by Gasteiger charge is -2.56. The highest BCUT2D eigenvalue weighted by Gasteiger charge is 2.54. The number of fused-ring (bicyclic) bond motifs is 12. The molecular weight excluding hydrogens is 1430 g/mol. The van der Waals surface area contributed by atoms with Gasteiger partial charge in [0.25, 0.3) is 0 Å². The Morgan fingerprint density at radius 1 is 0.565 bits per heavy atom. The number of amides is 1. The highest BCUT2D eigenvalue weighted by molar-refractivity contribution is 6.03. The summed E-state index contributed by atoms with van der Waals surface area (Å²) in [6.07, 6.45) is 41.0. The van der Waals surface area contributed by atoms with Crippen LogP contribution >= 0.6 is 0 Å². The predicted molar refractivity (Wildman–Crippen MR) is 474 cm³/mol. The second kappa shape index (κ2) is 43.1. The van der Waals surface area contributed by atoms with Gasteiger partial charge in [0.2, 0.25) is 5.91 Å². The molecule has 0 spiro atoms. The van der Waals surface area contributed by atoms with Gasteiger partial charge in [-0.3, -0.25) is 14.4 Å². The van der Waals surface area contributed by atoms with E-state index in [1.54, 1.807) is 33.3 Å². The second-order valence-corrected chi connectivity index (χ2v) is 42.4. The Bertz CT molecular complexity index is 3310. The molecule has 6 atom stereocenters. The molecule has 0 saturated carbocycles. The van der Waals surface area contributed by atoms with Crippen molar-refractivity contribution in [1.82, 2.24) is 5.32 Å². The van der Waals surface area contributed by atoms with Gasteiger partial charge in [-0.1, -0.05) is 0 Å². The average Bonchev–Trinajstić information content (AvgIpc) is 1.68. The molecule has 18 nitrogen and oxygen atoms in total. The molecule has 17 rings (SSSR count). The third kappa shape index (κ3) is 24.9. The molecule has 8 N–H and O–H groups in total. The van der Waals surface area contributed by atoms with Crippen LogP contribution in [0.5, 0.6) is 0 Å². The molecule has 115 heavy (non-hydrogen) atoms. The number of hydrogen-bond acceptors (Lipinski definition) is 7. The smallest absolute Gasteiger partial charge is 0.320 e. The highest BCUT2D eigenvalue weighted by atomic mass is 16.4. The van der Waals surface area contributed by atoms with Crippen molar-refractivity contribution in [2.24, 2.45) is 28.5 Å². The first-order chi connectivity index (χ1) is 54.0. The first-order valence-corrected chi connectivity index (χ1v) is 47.4. The van der Waals surface area contributed by atoms with E-state index in [0.29, 0.717) is 29.6 Å². The number of ketones is 1. The Hall–Kier alpha value is -4.08. The van der Waals surface area contributed by atoms with E-state index < -0.39 is 18.1 Å². The van der Waals surface area contributed by atoms with Gasteiger partial charge in [-0.2, -0.15) is 4.57 Å². The molecule has 6 unspecified atom stereocenters. The molecule has 2 aliphatic carbocycles. The number of nitrogens with zero attached hydrogens (tertiary/aromatic N) is 9. The number of quaternary nitrogens is 6. The highest BCUT2D eigenvalue weighted by Crippen LogP contribution is 2.47. The minimum absolute atomic E-state index is 0.0770. The summed E-state index contributed by atoms with van der Waals surface area (Å²) < 4.78 is 14.5. The summed E-state index contributed by atoms with van der Waals surface area (Å²) in [4.78, 5) is 33.2. The zero-order valence-corrected chi connectivity index (χ0v) is 78.4. The number of hydrogen-bond donors (Lipinski definition) is 5. The van der Waals surface area contributed by atoms with E-state index in [4.69, 9.17) is 22.3 Å². The lowest BCUT2D eigenvalue weighted by atomic mass is 9.70. The minimum atomic E-state index is -1.21. The molecule has 12 fully saturated rings. The predicted octanol–water partition coefficient (Wildman–Crippen LogP) is 13.5. The van der Waals surface area contributed by atoms with Crippen molar-refractivity contribution in [3.8, 4) is 0 Å². The van der Waals surface area contributed by atoms with Gasteiger partial charge in [0, 0.05) is 162 Å². The molecule has 0 radical (unpaired) electrons. The summed E-state index contributed by atoms with van der Waals surface area (Å²) in [5, 5.41) is 22.6. The Morgan fingerprint density at radius 2 is 1.05 bits per heavy atom. The molecule has 1 amide bonds. The monoisotopic (exact) mass is 1610 g/mol. The number of carboxylic acids is 1. The molecule has 15 heterocycles. The van der Waals surface area contributed by atoms with Crippen LogP contribution in [0.2, 0.25) is 0 Å². The van der Waals surface area contributed by atoms with E-state index in [2.05, 4.69) is 197 Å². The average molecular weight is 1610 g/mol.